The van der Waals surface area contributed by atoms with Crippen LogP contribution in [0, 0.1) is 70.6 Å². The Morgan fingerprint density at radius 2 is 1.71 bits per heavy atom. The first kappa shape index (κ1) is 22.9. The molecular weight excluding hydrogens is 418 g/mol. The monoisotopic (exact) mass is 435 g/mol. The quantitative estimate of drug-likeness (QED) is 0.670. The van der Waals surface area contributed by atoms with E-state index in [9.17, 15) is 4.79 Å². The van der Waals surface area contributed by atoms with Gasteiger partial charge in [-0.2, -0.15) is 5.10 Å². The van der Waals surface area contributed by atoms with Crippen LogP contribution in [0.1, 0.15) is 11.8 Å². The van der Waals surface area contributed by atoms with Gasteiger partial charge < -0.3 is 4.74 Å². The van der Waals surface area contributed by atoms with Crippen LogP contribution in [0.15, 0.2) is 30.9 Å². The fourth-order valence-electron chi connectivity index (χ4n) is 2.39. The van der Waals surface area contributed by atoms with Crippen LogP contribution in [0.5, 0.6) is 5.75 Å². The summed E-state index contributed by atoms with van der Waals surface area (Å²) >= 11 is 6.15. The molecule has 7 heteroatoms. The van der Waals surface area contributed by atoms with Crippen LogP contribution in [-0.4, -0.2) is 20.5 Å². The topological polar surface area (TPSA) is 57.0 Å². The van der Waals surface area contributed by atoms with Gasteiger partial charge in [-0.25, -0.2) is 9.67 Å². The molecule has 2 aromatic rings. The van der Waals surface area contributed by atoms with Gasteiger partial charge in [-0.05, 0) is 82.4 Å². The van der Waals surface area contributed by atoms with Gasteiger partial charge in [-0.1, -0.05) is 17.7 Å². The van der Waals surface area contributed by atoms with Crippen LogP contribution in [-0.2, 0) is 21.9 Å². The zero-order valence-electron chi connectivity index (χ0n) is 15.0. The number of nitrogens with zero attached hydrogens (tertiary/aromatic N) is 3. The Morgan fingerprint density at radius 3 is 2.29 bits per heavy atom. The molecule has 5 nitrogen and oxygen atoms in total. The Balaban J connectivity index is 0.000000408. The Morgan fingerprint density at radius 1 is 1.07 bits per heavy atom. The molecule has 0 bridgehead atoms. The molecule has 0 spiro atoms. The van der Waals surface area contributed by atoms with Gasteiger partial charge in [0.15, 0.2) is 0 Å². The number of ketones is 1. The third kappa shape index (κ3) is 6.33. The van der Waals surface area contributed by atoms with Crippen molar-refractivity contribution in [3.8, 4) is 5.75 Å². The van der Waals surface area contributed by atoms with Crippen molar-refractivity contribution in [2.75, 3.05) is 0 Å². The van der Waals surface area contributed by atoms with E-state index in [4.69, 9.17) is 16.3 Å². The number of aromatic nitrogens is 3. The molecule has 0 N–H and O–H groups in total. The molecular formula is C21H18ClFeN3O2+2. The van der Waals surface area contributed by atoms with E-state index in [0.717, 1.165) is 5.56 Å². The normalized spacial score (nSPS) is 17.4. The second kappa shape index (κ2) is 11.6. The van der Waals surface area contributed by atoms with Crippen LogP contribution in [0.4, 0.5) is 0 Å². The molecule has 1 unspecified atom stereocenters. The van der Waals surface area contributed by atoms with E-state index in [1.54, 1.807) is 37.8 Å². The van der Waals surface area contributed by atoms with Crippen LogP contribution in [0.3, 0.4) is 0 Å². The average molecular weight is 436 g/mol. The smallest absolute Gasteiger partial charge is 0.460 e. The Kier molecular flexibility index (Phi) is 9.49. The molecule has 28 heavy (non-hydrogen) atoms. The molecule has 2 saturated carbocycles. The summed E-state index contributed by atoms with van der Waals surface area (Å²) in [6.45, 7) is 1.92. The largest absolute Gasteiger partial charge is 2.00 e. The van der Waals surface area contributed by atoms with Gasteiger partial charge in [0.1, 0.15) is 18.4 Å². The number of ether oxygens (including phenoxy) is 1. The molecule has 0 amide bonds. The van der Waals surface area contributed by atoms with Crippen LogP contribution in [0.2, 0.25) is 5.02 Å². The SMILES string of the molecule is Cc1ccc(Cl)c(OC(C(=O)[C]2[CH][CH][CH][CH]2)n2cncn2)c1.[CH]1[CH][CH][CH][CH]1.[Fe+2]. The number of Topliss-reactive ketones (excluding diaryl/α,β-unsaturated/α-hetero) is 1. The van der Waals surface area contributed by atoms with E-state index in [-0.39, 0.29) is 22.9 Å². The Labute approximate surface area is 182 Å². The van der Waals surface area contributed by atoms with Crippen molar-refractivity contribution in [2.24, 2.45) is 0 Å². The molecule has 0 aliphatic heterocycles. The number of benzene rings is 1. The van der Waals surface area contributed by atoms with Crippen molar-refractivity contribution in [2.45, 2.75) is 13.2 Å². The Hall–Kier alpha value is -1.36. The van der Waals surface area contributed by atoms with Crippen LogP contribution < -0.4 is 4.74 Å². The first-order valence-electron chi connectivity index (χ1n) is 8.34. The summed E-state index contributed by atoms with van der Waals surface area (Å²) < 4.78 is 7.20. The molecule has 1 aromatic heterocycles. The van der Waals surface area contributed by atoms with Gasteiger partial charge in [0.25, 0.3) is 6.23 Å². The number of hydrogen-bond donors (Lipinski definition) is 0. The van der Waals surface area contributed by atoms with E-state index in [1.807, 2.05) is 45.1 Å². The predicted octanol–water partition coefficient (Wildman–Crippen LogP) is 3.81. The van der Waals surface area contributed by atoms with Crippen molar-refractivity contribution in [1.29, 1.82) is 0 Å². The summed E-state index contributed by atoms with van der Waals surface area (Å²) in [6.07, 6.45) is 18.9. The van der Waals surface area contributed by atoms with Gasteiger partial charge in [0, 0.05) is 0 Å². The summed E-state index contributed by atoms with van der Waals surface area (Å²) in [5.41, 5.74) is 0.984. The molecule has 1 aromatic carbocycles. The molecule has 0 saturated heterocycles. The van der Waals surface area contributed by atoms with Crippen molar-refractivity contribution >= 4 is 17.4 Å². The number of halogens is 1. The standard InChI is InChI=1S/C16H13ClN3O2.C5H5.Fe/c1-11-6-7-13(17)14(8-11)22-16(20-10-18-9-19-20)15(21)12-4-2-3-5-12;1-2-4-5-3-1;/h2-10,16H,1H3;1-5H;/q;;+2. The minimum atomic E-state index is -0.954. The molecule has 2 aliphatic rings. The zero-order chi connectivity index (χ0) is 19.1. The average Bonchev–Trinajstić information content (AvgIpc) is 3.46. The van der Waals surface area contributed by atoms with Gasteiger partial charge in [0.2, 0.25) is 5.78 Å². The molecule has 1 atom stereocenters. The molecule has 4 rings (SSSR count). The van der Waals surface area contributed by atoms with Crippen molar-refractivity contribution in [3.63, 3.8) is 0 Å². The van der Waals surface area contributed by atoms with Crippen LogP contribution in [0.25, 0.3) is 0 Å². The number of hydrogen-bond acceptors (Lipinski definition) is 4. The second-order valence-corrected chi connectivity index (χ2v) is 6.19. The zero-order valence-corrected chi connectivity index (χ0v) is 16.9. The predicted molar refractivity (Wildman–Crippen MR) is 103 cm³/mol. The van der Waals surface area contributed by atoms with Crippen molar-refractivity contribution in [3.05, 3.63) is 105 Å². The fourth-order valence-corrected chi connectivity index (χ4v) is 2.55. The van der Waals surface area contributed by atoms with Gasteiger partial charge in [0.05, 0.1) is 10.9 Å². The summed E-state index contributed by atoms with van der Waals surface area (Å²) in [5.74, 6) is 0.763. The summed E-state index contributed by atoms with van der Waals surface area (Å²) in [7, 11) is 0. The van der Waals surface area contributed by atoms with E-state index in [1.165, 1.54) is 17.3 Å². The maximum absolute atomic E-state index is 12.6. The minimum absolute atomic E-state index is 0. The third-order valence-electron chi connectivity index (χ3n) is 3.73. The van der Waals surface area contributed by atoms with Crippen LogP contribution >= 0.6 is 11.6 Å². The number of carbonyl (C=O) groups is 1. The third-order valence-corrected chi connectivity index (χ3v) is 4.04. The molecule has 2 aliphatic carbocycles. The minimum Gasteiger partial charge on any atom is -0.460 e. The van der Waals surface area contributed by atoms with E-state index in [2.05, 4.69) is 10.1 Å². The van der Waals surface area contributed by atoms with Gasteiger partial charge in [-0.15, -0.1) is 0 Å². The van der Waals surface area contributed by atoms with Gasteiger partial charge in [-0.3, -0.25) is 4.79 Å². The maximum atomic E-state index is 12.6. The fraction of sp³-hybridized carbons (Fsp3) is 0.0952. The van der Waals surface area contributed by atoms with Gasteiger partial charge >= 0.3 is 17.1 Å². The van der Waals surface area contributed by atoms with E-state index in [0.29, 0.717) is 16.7 Å². The number of carbonyl (C=O) groups excluding carboxylic acids is 1. The second-order valence-electron chi connectivity index (χ2n) is 5.78. The van der Waals surface area contributed by atoms with E-state index >= 15 is 0 Å². The van der Waals surface area contributed by atoms with Crippen molar-refractivity contribution < 1.29 is 26.6 Å². The molecule has 10 radical (unpaired) electrons. The molecule has 142 valence electrons. The summed E-state index contributed by atoms with van der Waals surface area (Å²) in [6, 6.07) is 5.39. The Bertz CT molecular complexity index is 722. The number of aryl methyl sites for hydroxylation is 1. The molecule has 2 fully saturated rings. The van der Waals surface area contributed by atoms with E-state index < -0.39 is 6.23 Å². The number of rotatable bonds is 5. The van der Waals surface area contributed by atoms with Crippen molar-refractivity contribution in [1.82, 2.24) is 14.8 Å². The molecule has 1 heterocycles. The first-order valence-corrected chi connectivity index (χ1v) is 8.72. The summed E-state index contributed by atoms with van der Waals surface area (Å²) in [4.78, 5) is 16.5. The summed E-state index contributed by atoms with van der Waals surface area (Å²) in [5, 5.41) is 4.45. The first-order chi connectivity index (χ1) is 13.1. The maximum Gasteiger partial charge on any atom is 2.00 e.